The Hall–Kier alpha value is -3.47. The number of morpholine rings is 1. The highest BCUT2D eigenvalue weighted by molar-refractivity contribution is 7.92. The fourth-order valence-electron chi connectivity index (χ4n) is 4.65. The smallest absolute Gasteiger partial charge is 0.343 e. The van der Waals surface area contributed by atoms with Gasteiger partial charge in [-0.1, -0.05) is 29.5 Å². The van der Waals surface area contributed by atoms with Crippen LogP contribution in [0.4, 0.5) is 10.8 Å². The molecule has 2 aliphatic rings. The number of thiazole rings is 1. The maximum atomic E-state index is 13.4. The minimum Gasteiger partial charge on any atom is -0.423 e. The fraction of sp³-hybridized carbons (Fsp3) is 0.259. The van der Waals surface area contributed by atoms with Crippen LogP contribution < -0.4 is 13.9 Å². The summed E-state index contributed by atoms with van der Waals surface area (Å²) in [6.07, 6.45) is 1.62. The predicted molar refractivity (Wildman–Crippen MR) is 143 cm³/mol. The number of ether oxygens (including phenoxy) is 2. The summed E-state index contributed by atoms with van der Waals surface area (Å²) in [6.45, 7) is 3.40. The van der Waals surface area contributed by atoms with Crippen LogP contribution in [0, 0.1) is 0 Å². The van der Waals surface area contributed by atoms with Gasteiger partial charge in [-0.2, -0.15) is 0 Å². The molecule has 3 heterocycles. The number of aromatic nitrogens is 1. The zero-order valence-electron chi connectivity index (χ0n) is 20.0. The van der Waals surface area contributed by atoms with Gasteiger partial charge < -0.3 is 14.4 Å². The SMILES string of the molecule is O=C(Oc1ccc2nc(N3CCOCC3)sc2c1)c1ccc(S(=O)(=O)N2CCCc3ccccc32)cc1. The van der Waals surface area contributed by atoms with Crippen molar-refractivity contribution in [3.05, 3.63) is 77.9 Å². The number of carbonyl (C=O) groups is 1. The van der Waals surface area contributed by atoms with Gasteiger partial charge in [0.05, 0.1) is 39.6 Å². The summed E-state index contributed by atoms with van der Waals surface area (Å²) in [4.78, 5) is 19.8. The number of anilines is 2. The van der Waals surface area contributed by atoms with Gasteiger partial charge >= 0.3 is 5.97 Å². The molecule has 1 aromatic heterocycles. The number of aryl methyl sites for hydroxylation is 1. The van der Waals surface area contributed by atoms with Crippen molar-refractivity contribution in [2.24, 2.45) is 0 Å². The molecule has 6 rings (SSSR count). The first kappa shape index (κ1) is 23.9. The molecule has 0 atom stereocenters. The van der Waals surface area contributed by atoms with Gasteiger partial charge in [-0.05, 0) is 60.9 Å². The molecule has 190 valence electrons. The number of benzene rings is 3. The number of hydrogen-bond donors (Lipinski definition) is 0. The molecule has 0 N–H and O–H groups in total. The van der Waals surface area contributed by atoms with Gasteiger partial charge in [-0.25, -0.2) is 18.2 Å². The Kier molecular flexibility index (Phi) is 6.31. The monoisotopic (exact) mass is 535 g/mol. The molecule has 0 amide bonds. The van der Waals surface area contributed by atoms with Crippen molar-refractivity contribution < 1.29 is 22.7 Å². The minimum atomic E-state index is -3.74. The van der Waals surface area contributed by atoms with E-state index >= 15 is 0 Å². The van der Waals surface area contributed by atoms with Crippen molar-refractivity contribution in [2.75, 3.05) is 42.1 Å². The number of esters is 1. The van der Waals surface area contributed by atoms with Crippen LogP contribution in [0.5, 0.6) is 5.75 Å². The molecule has 8 nitrogen and oxygen atoms in total. The third kappa shape index (κ3) is 4.68. The largest absolute Gasteiger partial charge is 0.423 e. The van der Waals surface area contributed by atoms with Crippen molar-refractivity contribution >= 4 is 48.4 Å². The molecule has 1 saturated heterocycles. The molecule has 10 heteroatoms. The van der Waals surface area contributed by atoms with E-state index in [9.17, 15) is 13.2 Å². The Morgan fingerprint density at radius 2 is 1.76 bits per heavy atom. The fourth-order valence-corrected chi connectivity index (χ4v) is 7.24. The van der Waals surface area contributed by atoms with Crippen LogP contribution in [0.15, 0.2) is 71.6 Å². The first-order chi connectivity index (χ1) is 18.0. The van der Waals surface area contributed by atoms with Crippen LogP contribution >= 0.6 is 11.3 Å². The lowest BCUT2D eigenvalue weighted by atomic mass is 10.0. The number of rotatable bonds is 5. The Morgan fingerprint density at radius 1 is 0.973 bits per heavy atom. The van der Waals surface area contributed by atoms with E-state index in [2.05, 4.69) is 9.88 Å². The summed E-state index contributed by atoms with van der Waals surface area (Å²) >= 11 is 1.55. The van der Waals surface area contributed by atoms with E-state index in [-0.39, 0.29) is 10.5 Å². The topological polar surface area (TPSA) is 89.0 Å². The summed E-state index contributed by atoms with van der Waals surface area (Å²) in [7, 11) is -3.74. The van der Waals surface area contributed by atoms with Crippen molar-refractivity contribution in [3.8, 4) is 5.75 Å². The van der Waals surface area contributed by atoms with Crippen LogP contribution in [0.1, 0.15) is 22.3 Å². The second kappa shape index (κ2) is 9.77. The molecular weight excluding hydrogens is 510 g/mol. The predicted octanol–water partition coefficient (Wildman–Crippen LogP) is 4.49. The molecule has 0 bridgehead atoms. The van der Waals surface area contributed by atoms with E-state index in [1.165, 1.54) is 28.6 Å². The van der Waals surface area contributed by atoms with Crippen LogP contribution in [0.25, 0.3) is 10.2 Å². The summed E-state index contributed by atoms with van der Waals surface area (Å²) in [5.74, 6) is -0.138. The minimum absolute atomic E-state index is 0.141. The molecule has 37 heavy (non-hydrogen) atoms. The van der Waals surface area contributed by atoms with E-state index in [1.54, 1.807) is 17.4 Å². The van der Waals surface area contributed by atoms with E-state index in [0.29, 0.717) is 31.2 Å². The highest BCUT2D eigenvalue weighted by Gasteiger charge is 2.29. The first-order valence-corrected chi connectivity index (χ1v) is 14.4. The average Bonchev–Trinajstić information content (AvgIpc) is 3.37. The van der Waals surface area contributed by atoms with Crippen LogP contribution in [0.3, 0.4) is 0 Å². The highest BCUT2D eigenvalue weighted by atomic mass is 32.2. The maximum Gasteiger partial charge on any atom is 0.343 e. The third-order valence-electron chi connectivity index (χ3n) is 6.59. The molecular formula is C27H25N3O5S2. The Bertz CT molecular complexity index is 1560. The molecule has 0 aliphatic carbocycles. The molecule has 0 radical (unpaired) electrons. The van der Waals surface area contributed by atoms with Gasteiger partial charge in [0.1, 0.15) is 5.75 Å². The Labute approximate surface area is 219 Å². The maximum absolute atomic E-state index is 13.4. The lowest BCUT2D eigenvalue weighted by molar-refractivity contribution is 0.0735. The van der Waals surface area contributed by atoms with Crippen LogP contribution in [-0.4, -0.2) is 52.2 Å². The van der Waals surface area contributed by atoms with Crippen LogP contribution in [-0.2, 0) is 21.2 Å². The number of carbonyl (C=O) groups excluding carboxylic acids is 1. The summed E-state index contributed by atoms with van der Waals surface area (Å²) in [5, 5.41) is 0.926. The van der Waals surface area contributed by atoms with E-state index in [4.69, 9.17) is 9.47 Å². The second-order valence-electron chi connectivity index (χ2n) is 8.95. The molecule has 3 aromatic carbocycles. The molecule has 4 aromatic rings. The molecule has 2 aliphatic heterocycles. The van der Waals surface area contributed by atoms with Gasteiger partial charge in [0.25, 0.3) is 10.0 Å². The summed E-state index contributed by atoms with van der Waals surface area (Å²) < 4.78 is 40.1. The number of fused-ring (bicyclic) bond motifs is 2. The summed E-state index contributed by atoms with van der Waals surface area (Å²) in [5.41, 5.74) is 2.86. The van der Waals surface area contributed by atoms with Crippen molar-refractivity contribution in [3.63, 3.8) is 0 Å². The van der Waals surface area contributed by atoms with E-state index in [0.717, 1.165) is 46.8 Å². The van der Waals surface area contributed by atoms with Crippen LogP contribution in [0.2, 0.25) is 0 Å². The van der Waals surface area contributed by atoms with Gasteiger partial charge in [0.15, 0.2) is 5.13 Å². The molecule has 0 saturated carbocycles. The van der Waals surface area contributed by atoms with E-state index < -0.39 is 16.0 Å². The second-order valence-corrected chi connectivity index (χ2v) is 11.8. The van der Waals surface area contributed by atoms with Gasteiger partial charge in [-0.3, -0.25) is 4.31 Å². The summed E-state index contributed by atoms with van der Waals surface area (Å²) in [6, 6.07) is 18.8. The van der Waals surface area contributed by atoms with E-state index in [1.807, 2.05) is 36.4 Å². The normalized spacial score (nSPS) is 16.0. The Balaban J connectivity index is 1.18. The number of hydrogen-bond acceptors (Lipinski definition) is 8. The average molecular weight is 536 g/mol. The molecule has 1 fully saturated rings. The molecule has 0 spiro atoms. The number of sulfonamides is 1. The number of nitrogens with zero attached hydrogens (tertiary/aromatic N) is 3. The van der Waals surface area contributed by atoms with Gasteiger partial charge in [0.2, 0.25) is 0 Å². The number of para-hydroxylation sites is 1. The van der Waals surface area contributed by atoms with Crippen molar-refractivity contribution in [2.45, 2.75) is 17.7 Å². The van der Waals surface area contributed by atoms with Crippen molar-refractivity contribution in [1.82, 2.24) is 4.98 Å². The lowest BCUT2D eigenvalue weighted by Gasteiger charge is -2.30. The van der Waals surface area contributed by atoms with Crippen molar-refractivity contribution in [1.29, 1.82) is 0 Å². The molecule has 0 unspecified atom stereocenters. The Morgan fingerprint density at radius 3 is 2.57 bits per heavy atom. The van der Waals surface area contributed by atoms with Gasteiger partial charge in [0, 0.05) is 25.7 Å². The van der Waals surface area contributed by atoms with Gasteiger partial charge in [-0.15, -0.1) is 0 Å². The highest BCUT2D eigenvalue weighted by Crippen LogP contribution is 2.33. The third-order valence-corrected chi connectivity index (χ3v) is 9.49. The lowest BCUT2D eigenvalue weighted by Crippen LogP contribution is -2.36. The quantitative estimate of drug-likeness (QED) is 0.275. The first-order valence-electron chi connectivity index (χ1n) is 12.2. The zero-order chi connectivity index (χ0) is 25.4. The standard InChI is InChI=1S/C27H25N3O5S2/c31-26(35-21-9-12-23-25(18-21)36-27(28-23)29-14-16-34-17-15-29)20-7-10-22(11-8-20)37(32,33)30-13-3-5-19-4-1-2-6-24(19)30/h1-2,4,6-12,18H,3,5,13-17H2. The zero-order valence-corrected chi connectivity index (χ0v) is 21.6.